The van der Waals surface area contributed by atoms with Crippen LogP contribution in [0.15, 0.2) is 73.1 Å². The molecule has 1 aliphatic rings. The summed E-state index contributed by atoms with van der Waals surface area (Å²) in [5.74, 6) is 0.0246. The summed E-state index contributed by atoms with van der Waals surface area (Å²) < 4.78 is 0. The first-order chi connectivity index (χ1) is 16.7. The zero-order valence-electron chi connectivity index (χ0n) is 20.2. The summed E-state index contributed by atoms with van der Waals surface area (Å²) in [5, 5.41) is 3.61. The molecule has 0 unspecified atom stereocenters. The fourth-order valence-electron chi connectivity index (χ4n) is 4.53. The van der Waals surface area contributed by atoms with Crippen molar-refractivity contribution < 1.29 is 4.79 Å². The van der Waals surface area contributed by atoms with E-state index in [4.69, 9.17) is 0 Å². The van der Waals surface area contributed by atoms with Crippen molar-refractivity contribution in [2.75, 3.05) is 36.5 Å². The lowest BCUT2D eigenvalue weighted by Gasteiger charge is -2.28. The highest BCUT2D eigenvalue weighted by Crippen LogP contribution is 2.28. The molecule has 2 heterocycles. The fourth-order valence-corrected chi connectivity index (χ4v) is 4.53. The topological polar surface area (TPSA) is 48.5 Å². The van der Waals surface area contributed by atoms with Crippen LogP contribution in [0.1, 0.15) is 53.6 Å². The highest BCUT2D eigenvalue weighted by Gasteiger charge is 2.21. The van der Waals surface area contributed by atoms with Gasteiger partial charge in [0, 0.05) is 50.5 Å². The second-order valence-corrected chi connectivity index (χ2v) is 9.11. The minimum Gasteiger partial charge on any atom is -0.374 e. The predicted octanol–water partition coefficient (Wildman–Crippen LogP) is 5.46. The van der Waals surface area contributed by atoms with Crippen molar-refractivity contribution in [1.82, 2.24) is 10.3 Å². The molecular formula is C29H36N4O. The van der Waals surface area contributed by atoms with E-state index in [-0.39, 0.29) is 5.91 Å². The molecule has 0 spiro atoms. The Morgan fingerprint density at radius 1 is 1.00 bits per heavy atom. The highest BCUT2D eigenvalue weighted by molar-refractivity contribution is 6.06. The largest absolute Gasteiger partial charge is 0.374 e. The highest BCUT2D eigenvalue weighted by atomic mass is 16.2. The number of fused-ring (bicyclic) bond motifs is 1. The number of rotatable bonds is 5. The van der Waals surface area contributed by atoms with Gasteiger partial charge in [0.25, 0.3) is 5.91 Å². The van der Waals surface area contributed by atoms with Gasteiger partial charge in [0.2, 0.25) is 0 Å². The van der Waals surface area contributed by atoms with Gasteiger partial charge in [-0.15, -0.1) is 0 Å². The van der Waals surface area contributed by atoms with E-state index < -0.39 is 0 Å². The summed E-state index contributed by atoms with van der Waals surface area (Å²) in [6.45, 7) is 3.43. The van der Waals surface area contributed by atoms with E-state index in [2.05, 4.69) is 70.8 Å². The molecule has 1 aliphatic heterocycles. The van der Waals surface area contributed by atoms with Crippen LogP contribution in [-0.2, 0) is 13.0 Å². The number of anilines is 2. The Labute approximate surface area is 203 Å². The van der Waals surface area contributed by atoms with E-state index in [1.807, 2.05) is 17.0 Å². The van der Waals surface area contributed by atoms with Gasteiger partial charge in [-0.1, -0.05) is 49.6 Å². The number of carbonyl (C=O) groups is 1. The maximum absolute atomic E-state index is 13.5. The quantitative estimate of drug-likeness (QED) is 0.554. The average Bonchev–Trinajstić information content (AvgIpc) is 2.88. The Kier molecular flexibility index (Phi) is 8.69. The van der Waals surface area contributed by atoms with Crippen LogP contribution in [0.4, 0.5) is 11.4 Å². The number of aromatic nitrogens is 1. The van der Waals surface area contributed by atoms with Crippen molar-refractivity contribution in [3.05, 3.63) is 89.7 Å². The molecule has 0 aliphatic carbocycles. The normalized spacial score (nSPS) is 15.0. The lowest BCUT2D eigenvalue weighted by atomic mass is 10.1. The summed E-state index contributed by atoms with van der Waals surface area (Å²) in [7, 11) is 2.14. The first-order valence-electron chi connectivity index (χ1n) is 12.5. The van der Waals surface area contributed by atoms with Crippen molar-refractivity contribution in [2.24, 2.45) is 0 Å². The fraction of sp³-hybridized carbons (Fsp3) is 0.379. The minimum atomic E-state index is 0.0246. The summed E-state index contributed by atoms with van der Waals surface area (Å²) in [4.78, 5) is 22.0. The van der Waals surface area contributed by atoms with E-state index in [1.165, 1.54) is 36.1 Å². The molecule has 0 saturated carbocycles. The van der Waals surface area contributed by atoms with E-state index in [1.54, 1.807) is 12.4 Å². The average molecular weight is 457 g/mol. The number of carbonyl (C=O) groups excluding carboxylic acids is 1. The van der Waals surface area contributed by atoms with Crippen LogP contribution in [0.5, 0.6) is 0 Å². The molecule has 3 aromatic rings. The Bertz CT molecular complexity index is 1040. The Hall–Kier alpha value is -3.18. The number of nitrogens with zero attached hydrogens (tertiary/aromatic N) is 3. The summed E-state index contributed by atoms with van der Waals surface area (Å²) in [6.07, 6.45) is 10.2. The van der Waals surface area contributed by atoms with Gasteiger partial charge in [0.05, 0.1) is 5.56 Å². The van der Waals surface area contributed by atoms with Crippen LogP contribution in [-0.4, -0.2) is 37.6 Å². The number of pyridine rings is 1. The molecule has 1 N–H and O–H groups in total. The van der Waals surface area contributed by atoms with Gasteiger partial charge in [-0.05, 0) is 67.3 Å². The lowest BCUT2D eigenvalue weighted by molar-refractivity contribution is 0.0986. The molecule has 34 heavy (non-hydrogen) atoms. The van der Waals surface area contributed by atoms with Gasteiger partial charge in [0.15, 0.2) is 0 Å². The van der Waals surface area contributed by atoms with Gasteiger partial charge in [-0.25, -0.2) is 0 Å². The Morgan fingerprint density at radius 2 is 1.82 bits per heavy atom. The van der Waals surface area contributed by atoms with Crippen molar-refractivity contribution in [1.29, 1.82) is 0 Å². The molecule has 5 nitrogen and oxygen atoms in total. The van der Waals surface area contributed by atoms with E-state index in [0.717, 1.165) is 51.1 Å². The first-order valence-corrected chi connectivity index (χ1v) is 12.5. The number of hydrogen-bond acceptors (Lipinski definition) is 4. The standard InChI is InChI=1S/C29H36N4O/c1-32(20-16-24-11-6-5-7-12-24)27-14-15-28-26(21-27)23-30-17-8-3-2-4-9-19-33(28)29(34)25-13-10-18-31-22-25/h5-7,10-15,18,21-22,30H,2-4,8-9,16-17,19-20,23H2,1H3. The summed E-state index contributed by atoms with van der Waals surface area (Å²) in [5.41, 5.74) is 5.33. The molecule has 0 fully saturated rings. The Morgan fingerprint density at radius 3 is 2.65 bits per heavy atom. The smallest absolute Gasteiger partial charge is 0.259 e. The van der Waals surface area contributed by atoms with Gasteiger partial charge in [-0.3, -0.25) is 9.78 Å². The number of amides is 1. The number of hydrogen-bond donors (Lipinski definition) is 1. The van der Waals surface area contributed by atoms with Crippen LogP contribution < -0.4 is 15.1 Å². The van der Waals surface area contributed by atoms with Gasteiger partial charge in [0.1, 0.15) is 0 Å². The Balaban J connectivity index is 1.60. The van der Waals surface area contributed by atoms with Gasteiger partial charge >= 0.3 is 0 Å². The third kappa shape index (κ3) is 6.45. The molecule has 0 bridgehead atoms. The summed E-state index contributed by atoms with van der Waals surface area (Å²) >= 11 is 0. The van der Waals surface area contributed by atoms with Crippen LogP contribution in [0.2, 0.25) is 0 Å². The molecule has 178 valence electrons. The van der Waals surface area contributed by atoms with E-state index >= 15 is 0 Å². The molecule has 0 atom stereocenters. The van der Waals surface area contributed by atoms with Crippen molar-refractivity contribution in [2.45, 2.75) is 45.1 Å². The third-order valence-corrected chi connectivity index (χ3v) is 6.58. The molecule has 5 heteroatoms. The summed E-state index contributed by atoms with van der Waals surface area (Å²) in [6, 6.07) is 20.8. The monoisotopic (exact) mass is 456 g/mol. The molecule has 0 saturated heterocycles. The number of likely N-dealkylation sites (N-methyl/N-ethyl adjacent to an activating group) is 1. The van der Waals surface area contributed by atoms with Crippen LogP contribution in [0.3, 0.4) is 0 Å². The molecule has 4 rings (SSSR count). The number of nitrogens with one attached hydrogen (secondary N) is 1. The predicted molar refractivity (Wildman–Crippen MR) is 141 cm³/mol. The molecule has 0 radical (unpaired) electrons. The van der Waals surface area contributed by atoms with Crippen LogP contribution >= 0.6 is 0 Å². The van der Waals surface area contributed by atoms with Gasteiger partial charge in [-0.2, -0.15) is 0 Å². The zero-order chi connectivity index (χ0) is 23.6. The molecule has 1 aromatic heterocycles. The second kappa shape index (κ2) is 12.3. The maximum Gasteiger partial charge on any atom is 0.259 e. The third-order valence-electron chi connectivity index (χ3n) is 6.58. The maximum atomic E-state index is 13.5. The van der Waals surface area contributed by atoms with Gasteiger partial charge < -0.3 is 15.1 Å². The van der Waals surface area contributed by atoms with Crippen molar-refractivity contribution in [3.8, 4) is 0 Å². The van der Waals surface area contributed by atoms with E-state index in [0.29, 0.717) is 5.56 Å². The minimum absolute atomic E-state index is 0.0246. The van der Waals surface area contributed by atoms with Crippen molar-refractivity contribution >= 4 is 17.3 Å². The molecule has 1 amide bonds. The zero-order valence-corrected chi connectivity index (χ0v) is 20.2. The molecule has 2 aromatic carbocycles. The van der Waals surface area contributed by atoms with Crippen molar-refractivity contribution in [3.63, 3.8) is 0 Å². The number of benzene rings is 2. The van der Waals surface area contributed by atoms with Crippen LogP contribution in [0.25, 0.3) is 0 Å². The van der Waals surface area contributed by atoms with Crippen LogP contribution in [0, 0.1) is 0 Å². The first kappa shape index (κ1) is 24.0. The lowest BCUT2D eigenvalue weighted by Crippen LogP contribution is -2.34. The molecular weight excluding hydrogens is 420 g/mol. The SMILES string of the molecule is CN(CCc1ccccc1)c1ccc2c(c1)CNCCCCCCCN2C(=O)c1cccnc1. The second-order valence-electron chi connectivity index (χ2n) is 9.11. The van der Waals surface area contributed by atoms with E-state index in [9.17, 15) is 4.79 Å².